The van der Waals surface area contributed by atoms with E-state index in [4.69, 9.17) is 19.5 Å². The first-order valence-corrected chi connectivity index (χ1v) is 6.82. The van der Waals surface area contributed by atoms with Crippen LogP contribution < -0.4 is 5.46 Å². The monoisotopic (exact) mass is 281 g/mol. The van der Waals surface area contributed by atoms with E-state index in [1.807, 2.05) is 12.1 Å². The van der Waals surface area contributed by atoms with Crippen LogP contribution in [0.5, 0.6) is 0 Å². The third-order valence-electron chi connectivity index (χ3n) is 3.12. The van der Waals surface area contributed by atoms with Crippen molar-refractivity contribution < 1.29 is 19.5 Å². The summed E-state index contributed by atoms with van der Waals surface area (Å²) in [6.07, 6.45) is 0.980. The molecule has 0 radical (unpaired) electrons. The van der Waals surface area contributed by atoms with Crippen molar-refractivity contribution in [1.82, 2.24) is 4.90 Å². The molecule has 0 aliphatic carbocycles. The molecule has 20 heavy (non-hydrogen) atoms. The van der Waals surface area contributed by atoms with Crippen molar-refractivity contribution in [2.45, 2.75) is 13.0 Å². The summed E-state index contributed by atoms with van der Waals surface area (Å²) in [6, 6.07) is 7.32. The van der Waals surface area contributed by atoms with Crippen LogP contribution in [0.2, 0.25) is 0 Å². The minimum atomic E-state index is -1.41. The molecule has 1 aromatic carbocycles. The molecule has 0 heterocycles. The average Bonchev–Trinajstić information content (AvgIpc) is 2.45. The van der Waals surface area contributed by atoms with Crippen molar-refractivity contribution in [2.75, 3.05) is 40.5 Å². The zero-order valence-corrected chi connectivity index (χ0v) is 12.3. The third-order valence-corrected chi connectivity index (χ3v) is 3.12. The molecule has 5 nitrogen and oxygen atoms in total. The van der Waals surface area contributed by atoms with Crippen LogP contribution in [0.25, 0.3) is 0 Å². The van der Waals surface area contributed by atoms with E-state index in [0.717, 1.165) is 38.2 Å². The summed E-state index contributed by atoms with van der Waals surface area (Å²) < 4.78 is 10.2. The van der Waals surface area contributed by atoms with Crippen molar-refractivity contribution in [3.05, 3.63) is 29.8 Å². The van der Waals surface area contributed by atoms with Gasteiger partial charge >= 0.3 is 7.12 Å². The van der Waals surface area contributed by atoms with Crippen molar-refractivity contribution in [1.29, 1.82) is 0 Å². The fraction of sp³-hybridized carbons (Fsp3) is 0.571. The summed E-state index contributed by atoms with van der Waals surface area (Å²) in [5.41, 5.74) is 1.65. The molecular formula is C14H24BNO4. The van der Waals surface area contributed by atoms with Gasteiger partial charge in [-0.15, -0.1) is 0 Å². The lowest BCUT2D eigenvalue weighted by molar-refractivity contribution is 0.129. The second-order valence-corrected chi connectivity index (χ2v) is 4.73. The number of hydrogen-bond acceptors (Lipinski definition) is 5. The number of benzene rings is 1. The van der Waals surface area contributed by atoms with E-state index in [1.165, 1.54) is 0 Å². The molecule has 0 spiro atoms. The standard InChI is InChI=1S/C14H24BNO4/c1-19-10-3-8-16(9-11-20-2)12-13-4-6-14(7-5-13)15(17)18/h4-7,17-18H,3,8-12H2,1-2H3. The number of ether oxygens (including phenoxy) is 2. The summed E-state index contributed by atoms with van der Waals surface area (Å²) in [4.78, 5) is 2.30. The van der Waals surface area contributed by atoms with Crippen molar-refractivity contribution in [3.63, 3.8) is 0 Å². The van der Waals surface area contributed by atoms with Gasteiger partial charge in [0, 0.05) is 40.5 Å². The van der Waals surface area contributed by atoms with Crippen LogP contribution in [0.1, 0.15) is 12.0 Å². The lowest BCUT2D eigenvalue weighted by Crippen LogP contribution is -2.31. The largest absolute Gasteiger partial charge is 0.488 e. The lowest BCUT2D eigenvalue weighted by Gasteiger charge is -2.22. The molecule has 0 unspecified atom stereocenters. The zero-order chi connectivity index (χ0) is 14.8. The summed E-state index contributed by atoms with van der Waals surface area (Å²) >= 11 is 0. The molecule has 0 aliphatic heterocycles. The molecule has 1 aromatic rings. The molecule has 0 amide bonds. The number of methoxy groups -OCH3 is 2. The molecule has 0 saturated carbocycles. The average molecular weight is 281 g/mol. The number of nitrogens with zero attached hydrogens (tertiary/aromatic N) is 1. The minimum absolute atomic E-state index is 0.511. The van der Waals surface area contributed by atoms with E-state index in [0.29, 0.717) is 12.1 Å². The highest BCUT2D eigenvalue weighted by molar-refractivity contribution is 6.58. The van der Waals surface area contributed by atoms with Gasteiger partial charge in [0.05, 0.1) is 6.61 Å². The molecule has 0 atom stereocenters. The summed E-state index contributed by atoms with van der Waals surface area (Å²) in [6.45, 7) is 4.07. The molecule has 0 bridgehead atoms. The van der Waals surface area contributed by atoms with Gasteiger partial charge in [-0.1, -0.05) is 24.3 Å². The molecular weight excluding hydrogens is 257 g/mol. The molecule has 6 heteroatoms. The number of hydrogen-bond donors (Lipinski definition) is 2. The summed E-state index contributed by atoms with van der Waals surface area (Å²) in [5.74, 6) is 0. The van der Waals surface area contributed by atoms with Gasteiger partial charge in [0.2, 0.25) is 0 Å². The van der Waals surface area contributed by atoms with E-state index in [9.17, 15) is 0 Å². The zero-order valence-electron chi connectivity index (χ0n) is 12.3. The van der Waals surface area contributed by atoms with Crippen LogP contribution >= 0.6 is 0 Å². The molecule has 0 aromatic heterocycles. The highest BCUT2D eigenvalue weighted by Gasteiger charge is 2.11. The maximum Gasteiger partial charge on any atom is 0.488 e. The van der Waals surface area contributed by atoms with Gasteiger partial charge in [0.25, 0.3) is 0 Å². The Balaban J connectivity index is 2.53. The van der Waals surface area contributed by atoms with Gasteiger partial charge in [-0.25, -0.2) is 0 Å². The van der Waals surface area contributed by atoms with Gasteiger partial charge < -0.3 is 19.5 Å². The second-order valence-electron chi connectivity index (χ2n) is 4.73. The molecule has 0 aliphatic rings. The molecule has 2 N–H and O–H groups in total. The Kier molecular flexibility index (Phi) is 8.49. The molecule has 0 saturated heterocycles. The van der Waals surface area contributed by atoms with Crippen molar-refractivity contribution in [2.24, 2.45) is 0 Å². The van der Waals surface area contributed by atoms with Crippen molar-refractivity contribution in [3.8, 4) is 0 Å². The first-order valence-electron chi connectivity index (χ1n) is 6.82. The van der Waals surface area contributed by atoms with E-state index < -0.39 is 7.12 Å². The van der Waals surface area contributed by atoms with E-state index in [2.05, 4.69) is 4.90 Å². The van der Waals surface area contributed by atoms with Gasteiger partial charge in [-0.3, -0.25) is 4.90 Å². The van der Waals surface area contributed by atoms with Gasteiger partial charge in [-0.05, 0) is 17.4 Å². The molecule has 1 rings (SSSR count). The Bertz CT molecular complexity index is 359. The summed E-state index contributed by atoms with van der Waals surface area (Å²) in [7, 11) is 2.00. The predicted molar refractivity (Wildman–Crippen MR) is 79.9 cm³/mol. The maximum absolute atomic E-state index is 9.07. The first-order chi connectivity index (χ1) is 9.67. The number of rotatable bonds is 10. The lowest BCUT2D eigenvalue weighted by atomic mass is 9.80. The fourth-order valence-electron chi connectivity index (χ4n) is 1.98. The Morgan fingerprint density at radius 2 is 1.65 bits per heavy atom. The topological polar surface area (TPSA) is 62.2 Å². The normalized spacial score (nSPS) is 11.1. The Hall–Kier alpha value is -0.915. The van der Waals surface area contributed by atoms with E-state index >= 15 is 0 Å². The summed E-state index contributed by atoms with van der Waals surface area (Å²) in [5, 5.41) is 18.1. The van der Waals surface area contributed by atoms with Crippen LogP contribution in [0.15, 0.2) is 24.3 Å². The first kappa shape index (κ1) is 17.1. The SMILES string of the molecule is COCCCN(CCOC)Cc1ccc(B(O)O)cc1. The third kappa shape index (κ3) is 6.50. The molecule has 0 fully saturated rings. The van der Waals surface area contributed by atoms with Crippen LogP contribution in [0, 0.1) is 0 Å². The van der Waals surface area contributed by atoms with Crippen LogP contribution in [0.3, 0.4) is 0 Å². The van der Waals surface area contributed by atoms with Gasteiger partial charge in [0.1, 0.15) is 0 Å². The quantitative estimate of drug-likeness (QED) is 0.461. The molecule has 112 valence electrons. The smallest absolute Gasteiger partial charge is 0.423 e. The second kappa shape index (κ2) is 9.91. The van der Waals surface area contributed by atoms with Crippen LogP contribution in [-0.4, -0.2) is 62.6 Å². The highest BCUT2D eigenvalue weighted by Crippen LogP contribution is 2.04. The Morgan fingerprint density at radius 3 is 2.20 bits per heavy atom. The Morgan fingerprint density at radius 1 is 1.00 bits per heavy atom. The Labute approximate surface area is 121 Å². The fourth-order valence-corrected chi connectivity index (χ4v) is 1.98. The predicted octanol–water partition coefficient (Wildman–Crippen LogP) is -0.149. The van der Waals surface area contributed by atoms with Crippen molar-refractivity contribution >= 4 is 12.6 Å². The highest BCUT2D eigenvalue weighted by atomic mass is 16.5. The van der Waals surface area contributed by atoms with Gasteiger partial charge in [0.15, 0.2) is 0 Å². The maximum atomic E-state index is 9.07. The van der Waals surface area contributed by atoms with Gasteiger partial charge in [-0.2, -0.15) is 0 Å². The minimum Gasteiger partial charge on any atom is -0.423 e. The van der Waals surface area contributed by atoms with Crippen LogP contribution in [-0.2, 0) is 16.0 Å². The van der Waals surface area contributed by atoms with E-state index in [-0.39, 0.29) is 0 Å². The van der Waals surface area contributed by atoms with Crippen LogP contribution in [0.4, 0.5) is 0 Å². The van der Waals surface area contributed by atoms with E-state index in [1.54, 1.807) is 26.4 Å².